The smallest absolute Gasteiger partial charge is 0.277 e. The van der Waals surface area contributed by atoms with Gasteiger partial charge in [-0.3, -0.25) is 4.79 Å². The van der Waals surface area contributed by atoms with E-state index in [-0.39, 0.29) is 11.6 Å². The van der Waals surface area contributed by atoms with Gasteiger partial charge in [0.25, 0.3) is 5.91 Å². The molecule has 2 aromatic rings. The fraction of sp³-hybridized carbons (Fsp3) is 0. The van der Waals surface area contributed by atoms with E-state index >= 15 is 0 Å². The summed E-state index contributed by atoms with van der Waals surface area (Å²) in [6.07, 6.45) is 1.34. The van der Waals surface area contributed by atoms with Crippen LogP contribution in [0, 0.1) is 0 Å². The minimum absolute atomic E-state index is 0.215. The van der Waals surface area contributed by atoms with E-state index in [1.165, 1.54) is 6.20 Å². The van der Waals surface area contributed by atoms with Crippen molar-refractivity contribution in [1.82, 2.24) is 15.4 Å². The molecule has 0 bridgehead atoms. The molecule has 0 fully saturated rings. The molecule has 16 heavy (non-hydrogen) atoms. The number of nitrogens with one attached hydrogen (secondary N) is 2. The lowest BCUT2D eigenvalue weighted by Gasteiger charge is -2.06. The van der Waals surface area contributed by atoms with E-state index < -0.39 is 0 Å². The quantitative estimate of drug-likeness (QED) is 0.895. The molecule has 1 amide bonds. The van der Waals surface area contributed by atoms with Gasteiger partial charge in [-0.1, -0.05) is 17.7 Å². The third-order valence-electron chi connectivity index (χ3n) is 1.85. The number of anilines is 1. The van der Waals surface area contributed by atoms with Crippen molar-refractivity contribution in [2.24, 2.45) is 0 Å². The molecule has 1 aromatic carbocycles. The zero-order valence-corrected chi connectivity index (χ0v) is 10.2. The van der Waals surface area contributed by atoms with Crippen LogP contribution >= 0.6 is 27.5 Å². The molecule has 0 radical (unpaired) electrons. The third kappa shape index (κ3) is 2.23. The Bertz CT molecular complexity index is 514. The number of halogens is 2. The standard InChI is InChI=1S/C9H6BrClN4O/c10-8-5(11)2-1-3-6(8)13-9(16)7-4-12-15-14-7/h1-4H,(H,13,16)(H,12,14,15). The zero-order chi connectivity index (χ0) is 11.5. The van der Waals surface area contributed by atoms with E-state index in [4.69, 9.17) is 11.6 Å². The summed E-state index contributed by atoms with van der Waals surface area (Å²) in [7, 11) is 0. The van der Waals surface area contributed by atoms with Gasteiger partial charge in [0.2, 0.25) is 0 Å². The van der Waals surface area contributed by atoms with Crippen LogP contribution in [0.2, 0.25) is 5.02 Å². The van der Waals surface area contributed by atoms with Crippen LogP contribution in [0.25, 0.3) is 0 Å². The van der Waals surface area contributed by atoms with E-state index in [0.717, 1.165) is 0 Å². The highest BCUT2D eigenvalue weighted by atomic mass is 79.9. The van der Waals surface area contributed by atoms with Crippen molar-refractivity contribution in [1.29, 1.82) is 0 Å². The number of amides is 1. The lowest BCUT2D eigenvalue weighted by Crippen LogP contribution is -2.12. The Morgan fingerprint density at radius 2 is 2.31 bits per heavy atom. The Hall–Kier alpha value is -1.40. The molecule has 0 unspecified atom stereocenters. The SMILES string of the molecule is O=C(Nc1cccc(Cl)c1Br)c1cn[nH]n1. The van der Waals surface area contributed by atoms with Gasteiger partial charge in [-0.25, -0.2) is 0 Å². The summed E-state index contributed by atoms with van der Waals surface area (Å²) < 4.78 is 0.633. The van der Waals surface area contributed by atoms with Crippen molar-refractivity contribution in [3.63, 3.8) is 0 Å². The van der Waals surface area contributed by atoms with Gasteiger partial charge in [0.1, 0.15) is 0 Å². The van der Waals surface area contributed by atoms with Gasteiger partial charge in [-0.15, -0.1) is 0 Å². The van der Waals surface area contributed by atoms with Crippen molar-refractivity contribution in [3.8, 4) is 0 Å². The summed E-state index contributed by atoms with van der Waals surface area (Å²) in [5.74, 6) is -0.350. The van der Waals surface area contributed by atoms with Crippen LogP contribution in [0.1, 0.15) is 10.5 Å². The lowest BCUT2D eigenvalue weighted by molar-refractivity contribution is 0.102. The summed E-state index contributed by atoms with van der Waals surface area (Å²) in [6.45, 7) is 0. The second-order valence-corrected chi connectivity index (χ2v) is 4.11. The van der Waals surface area contributed by atoms with Crippen LogP contribution in [-0.4, -0.2) is 21.3 Å². The van der Waals surface area contributed by atoms with E-state index in [1.54, 1.807) is 18.2 Å². The highest BCUT2D eigenvalue weighted by Crippen LogP contribution is 2.30. The molecule has 0 spiro atoms. The predicted octanol–water partition coefficient (Wildman–Crippen LogP) is 2.47. The van der Waals surface area contributed by atoms with Gasteiger partial charge in [0.05, 0.1) is 21.4 Å². The van der Waals surface area contributed by atoms with E-state index in [1.807, 2.05) is 0 Å². The van der Waals surface area contributed by atoms with Crippen molar-refractivity contribution < 1.29 is 4.79 Å². The minimum Gasteiger partial charge on any atom is -0.319 e. The molecule has 0 atom stereocenters. The first-order chi connectivity index (χ1) is 7.68. The summed E-state index contributed by atoms with van der Waals surface area (Å²) in [5, 5.41) is 12.8. The van der Waals surface area contributed by atoms with Gasteiger partial charge in [0, 0.05) is 0 Å². The molecule has 0 aliphatic heterocycles. The van der Waals surface area contributed by atoms with Crippen LogP contribution in [0.15, 0.2) is 28.9 Å². The lowest BCUT2D eigenvalue weighted by atomic mass is 10.3. The number of benzene rings is 1. The Kier molecular flexibility index (Phi) is 3.21. The number of carbonyl (C=O) groups excluding carboxylic acids is 1. The Labute approximate surface area is 104 Å². The van der Waals surface area contributed by atoms with Crippen LogP contribution in [-0.2, 0) is 0 Å². The number of hydrogen-bond acceptors (Lipinski definition) is 3. The molecule has 0 aliphatic carbocycles. The first-order valence-corrected chi connectivity index (χ1v) is 5.46. The molecule has 82 valence electrons. The maximum absolute atomic E-state index is 11.6. The van der Waals surface area contributed by atoms with E-state index in [0.29, 0.717) is 15.2 Å². The fourth-order valence-corrected chi connectivity index (χ4v) is 1.64. The topological polar surface area (TPSA) is 70.7 Å². The van der Waals surface area contributed by atoms with Gasteiger partial charge >= 0.3 is 0 Å². The Morgan fingerprint density at radius 3 is 3.00 bits per heavy atom. The number of H-pyrrole nitrogens is 1. The molecule has 7 heteroatoms. The van der Waals surface area contributed by atoms with Gasteiger partial charge in [-0.05, 0) is 28.1 Å². The molecular formula is C9H6BrClN4O. The summed E-state index contributed by atoms with van der Waals surface area (Å²) in [4.78, 5) is 11.6. The normalized spacial score (nSPS) is 10.1. The van der Waals surface area contributed by atoms with Crippen LogP contribution in [0.3, 0.4) is 0 Å². The fourth-order valence-electron chi connectivity index (χ4n) is 1.10. The molecule has 5 nitrogen and oxygen atoms in total. The van der Waals surface area contributed by atoms with Crippen molar-refractivity contribution in [2.75, 3.05) is 5.32 Å². The summed E-state index contributed by atoms with van der Waals surface area (Å²) in [5.41, 5.74) is 0.798. The average molecular weight is 302 g/mol. The second-order valence-electron chi connectivity index (χ2n) is 2.91. The van der Waals surface area contributed by atoms with Crippen LogP contribution in [0.5, 0.6) is 0 Å². The first kappa shape index (κ1) is 11.1. The van der Waals surface area contributed by atoms with Crippen molar-refractivity contribution >= 4 is 39.1 Å². The van der Waals surface area contributed by atoms with Gasteiger partial charge in [0.15, 0.2) is 5.69 Å². The van der Waals surface area contributed by atoms with Crippen molar-refractivity contribution in [2.45, 2.75) is 0 Å². The number of hydrogen-bond donors (Lipinski definition) is 2. The van der Waals surface area contributed by atoms with Crippen molar-refractivity contribution in [3.05, 3.63) is 39.6 Å². The minimum atomic E-state index is -0.350. The number of aromatic nitrogens is 3. The molecule has 0 saturated heterocycles. The van der Waals surface area contributed by atoms with Gasteiger partial charge < -0.3 is 5.32 Å². The molecule has 2 rings (SSSR count). The molecule has 0 saturated carbocycles. The maximum atomic E-state index is 11.6. The highest BCUT2D eigenvalue weighted by molar-refractivity contribution is 9.10. The highest BCUT2D eigenvalue weighted by Gasteiger charge is 2.11. The predicted molar refractivity (Wildman–Crippen MR) is 63.5 cm³/mol. The average Bonchev–Trinajstić information content (AvgIpc) is 2.78. The molecule has 2 N–H and O–H groups in total. The number of rotatable bonds is 2. The van der Waals surface area contributed by atoms with E-state index in [9.17, 15) is 4.79 Å². The maximum Gasteiger partial charge on any atom is 0.277 e. The molecular weight excluding hydrogens is 295 g/mol. The Morgan fingerprint density at radius 1 is 1.50 bits per heavy atom. The molecule has 1 aromatic heterocycles. The van der Waals surface area contributed by atoms with E-state index in [2.05, 4.69) is 36.7 Å². The summed E-state index contributed by atoms with van der Waals surface area (Å²) in [6, 6.07) is 5.19. The third-order valence-corrected chi connectivity index (χ3v) is 3.25. The molecule has 1 heterocycles. The second kappa shape index (κ2) is 4.63. The molecule has 0 aliphatic rings. The number of nitrogens with zero attached hydrogens (tertiary/aromatic N) is 2. The monoisotopic (exact) mass is 300 g/mol. The largest absolute Gasteiger partial charge is 0.319 e. The summed E-state index contributed by atoms with van der Waals surface area (Å²) >= 11 is 9.17. The Balaban J connectivity index is 2.22. The number of carbonyl (C=O) groups is 1. The number of aromatic amines is 1. The zero-order valence-electron chi connectivity index (χ0n) is 7.87. The van der Waals surface area contributed by atoms with Gasteiger partial charge in [-0.2, -0.15) is 15.4 Å². The first-order valence-electron chi connectivity index (χ1n) is 4.29. The van der Waals surface area contributed by atoms with Crippen LogP contribution in [0.4, 0.5) is 5.69 Å². The van der Waals surface area contributed by atoms with Crippen LogP contribution < -0.4 is 5.32 Å².